The molecule has 2 nitrogen and oxygen atoms in total. The molecule has 16 heavy (non-hydrogen) atoms. The lowest BCUT2D eigenvalue weighted by Crippen LogP contribution is -2.18. The van der Waals surface area contributed by atoms with E-state index in [9.17, 15) is 5.11 Å². The van der Waals surface area contributed by atoms with Gasteiger partial charge in [0.25, 0.3) is 0 Å². The maximum absolute atomic E-state index is 10.3. The molecule has 1 unspecified atom stereocenters. The first kappa shape index (κ1) is 11.7. The number of ether oxygens (including phenoxy) is 1. The van der Waals surface area contributed by atoms with Crippen molar-refractivity contribution in [1.29, 1.82) is 0 Å². The summed E-state index contributed by atoms with van der Waals surface area (Å²) in [6.07, 6.45) is 0.317. The summed E-state index contributed by atoms with van der Waals surface area (Å²) in [5, 5.41) is 11.0. The Hall–Kier alpha value is -0.730. The predicted molar refractivity (Wildman–Crippen MR) is 65.1 cm³/mol. The van der Waals surface area contributed by atoms with Gasteiger partial charge in [-0.15, -0.1) is 0 Å². The van der Waals surface area contributed by atoms with Crippen molar-refractivity contribution < 1.29 is 9.84 Å². The van der Waals surface area contributed by atoms with Crippen molar-refractivity contribution in [3.05, 3.63) is 28.3 Å². The van der Waals surface area contributed by atoms with Crippen LogP contribution in [0.3, 0.4) is 0 Å². The average Bonchev–Trinajstić information content (AvgIpc) is 2.61. The van der Waals surface area contributed by atoms with E-state index in [0.717, 1.165) is 23.3 Å². The van der Waals surface area contributed by atoms with E-state index in [1.54, 1.807) is 0 Å². The van der Waals surface area contributed by atoms with Crippen LogP contribution in [-0.2, 0) is 6.42 Å². The van der Waals surface area contributed by atoms with Gasteiger partial charge in [-0.05, 0) is 23.1 Å². The maximum atomic E-state index is 10.3. The molecule has 0 fully saturated rings. The number of rotatable bonds is 1. The van der Waals surface area contributed by atoms with E-state index in [-0.39, 0.29) is 5.41 Å². The normalized spacial score (nSPS) is 16.8. The summed E-state index contributed by atoms with van der Waals surface area (Å²) in [6.45, 7) is 6.68. The lowest BCUT2D eigenvalue weighted by Gasteiger charge is -2.27. The highest BCUT2D eigenvalue weighted by Crippen LogP contribution is 2.42. The Morgan fingerprint density at radius 1 is 1.38 bits per heavy atom. The number of halogens is 1. The van der Waals surface area contributed by atoms with Gasteiger partial charge in [0.05, 0.1) is 12.7 Å². The molecule has 0 aromatic heterocycles. The highest BCUT2D eigenvalue weighted by Gasteiger charge is 2.29. The fraction of sp³-hybridized carbons (Fsp3) is 0.538. The first-order chi connectivity index (χ1) is 7.39. The molecule has 1 aliphatic rings. The topological polar surface area (TPSA) is 29.5 Å². The number of aliphatic hydroxyl groups excluding tert-OH is 1. The first-order valence-electron chi connectivity index (χ1n) is 5.53. The highest BCUT2D eigenvalue weighted by molar-refractivity contribution is 6.30. The second-order valence-electron chi connectivity index (χ2n) is 5.35. The third kappa shape index (κ3) is 2.04. The molecule has 88 valence electrons. The van der Waals surface area contributed by atoms with Gasteiger partial charge in [0.1, 0.15) is 5.75 Å². The number of aliphatic hydroxyl groups is 1. The summed E-state index contributed by atoms with van der Waals surface area (Å²) in [5.41, 5.74) is 1.70. The standard InChI is InChI=1S/C13H17ClO2/c1-13(2,3)12(15)10-7-9(14)6-8-4-5-16-11(8)10/h6-7,12,15H,4-5H2,1-3H3. The van der Waals surface area contributed by atoms with Crippen molar-refractivity contribution in [2.45, 2.75) is 33.3 Å². The minimum Gasteiger partial charge on any atom is -0.493 e. The van der Waals surface area contributed by atoms with Crippen LogP contribution in [-0.4, -0.2) is 11.7 Å². The molecule has 1 heterocycles. The molecule has 0 saturated carbocycles. The quantitative estimate of drug-likeness (QED) is 0.816. The zero-order valence-electron chi connectivity index (χ0n) is 9.88. The second kappa shape index (κ2) is 3.94. The van der Waals surface area contributed by atoms with Crippen molar-refractivity contribution in [3.63, 3.8) is 0 Å². The van der Waals surface area contributed by atoms with Gasteiger partial charge in [0, 0.05) is 17.0 Å². The summed E-state index contributed by atoms with van der Waals surface area (Å²) >= 11 is 6.06. The van der Waals surface area contributed by atoms with E-state index in [2.05, 4.69) is 0 Å². The Morgan fingerprint density at radius 2 is 2.06 bits per heavy atom. The Morgan fingerprint density at radius 3 is 2.69 bits per heavy atom. The summed E-state index contributed by atoms with van der Waals surface area (Å²) in [7, 11) is 0. The van der Waals surface area contributed by atoms with Crippen molar-refractivity contribution in [1.82, 2.24) is 0 Å². The highest BCUT2D eigenvalue weighted by atomic mass is 35.5. The van der Waals surface area contributed by atoms with E-state index < -0.39 is 6.10 Å². The molecule has 3 heteroatoms. The molecular weight excluding hydrogens is 224 g/mol. The van der Waals surface area contributed by atoms with E-state index in [1.165, 1.54) is 0 Å². The Kier molecular flexibility index (Phi) is 2.89. The van der Waals surface area contributed by atoms with Crippen LogP contribution in [0.1, 0.15) is 38.0 Å². The lowest BCUT2D eigenvalue weighted by molar-refractivity contribution is 0.0603. The van der Waals surface area contributed by atoms with Crippen molar-refractivity contribution in [3.8, 4) is 5.75 Å². The van der Waals surface area contributed by atoms with Crippen LogP contribution in [0.4, 0.5) is 0 Å². The largest absolute Gasteiger partial charge is 0.493 e. The van der Waals surface area contributed by atoms with Crippen LogP contribution in [0.25, 0.3) is 0 Å². The Labute approximate surface area is 101 Å². The smallest absolute Gasteiger partial charge is 0.128 e. The van der Waals surface area contributed by atoms with Gasteiger partial charge in [-0.3, -0.25) is 0 Å². The fourth-order valence-electron chi connectivity index (χ4n) is 1.97. The molecule has 0 radical (unpaired) electrons. The first-order valence-corrected chi connectivity index (χ1v) is 5.90. The van der Waals surface area contributed by atoms with Gasteiger partial charge in [-0.1, -0.05) is 32.4 Å². The second-order valence-corrected chi connectivity index (χ2v) is 5.79. The predicted octanol–water partition coefficient (Wildman–Crippen LogP) is 3.35. The molecule has 0 aliphatic carbocycles. The monoisotopic (exact) mass is 240 g/mol. The van der Waals surface area contributed by atoms with Gasteiger partial charge in [-0.2, -0.15) is 0 Å². The van der Waals surface area contributed by atoms with Crippen LogP contribution in [0.15, 0.2) is 12.1 Å². The lowest BCUT2D eigenvalue weighted by atomic mass is 9.84. The molecule has 0 amide bonds. The number of benzene rings is 1. The van der Waals surface area contributed by atoms with Gasteiger partial charge in [-0.25, -0.2) is 0 Å². The molecule has 1 aliphatic heterocycles. The number of fused-ring (bicyclic) bond motifs is 1. The third-order valence-corrected chi connectivity index (χ3v) is 3.11. The van der Waals surface area contributed by atoms with Crippen molar-refractivity contribution in [2.24, 2.45) is 5.41 Å². The molecule has 1 N–H and O–H groups in total. The van der Waals surface area contributed by atoms with Crippen LogP contribution in [0, 0.1) is 5.41 Å². The van der Waals surface area contributed by atoms with Gasteiger partial charge < -0.3 is 9.84 Å². The SMILES string of the molecule is CC(C)(C)C(O)c1cc(Cl)cc2c1OCC2. The summed E-state index contributed by atoms with van der Waals surface area (Å²) in [6, 6.07) is 3.73. The van der Waals surface area contributed by atoms with Crippen molar-refractivity contribution >= 4 is 11.6 Å². The molecule has 0 bridgehead atoms. The molecule has 1 atom stereocenters. The summed E-state index contributed by atoms with van der Waals surface area (Å²) in [4.78, 5) is 0. The van der Waals surface area contributed by atoms with Gasteiger partial charge >= 0.3 is 0 Å². The fourth-order valence-corrected chi connectivity index (χ4v) is 2.22. The van der Waals surface area contributed by atoms with Crippen molar-refractivity contribution in [2.75, 3.05) is 6.61 Å². The Balaban J connectivity index is 2.49. The minimum atomic E-state index is -0.557. The molecule has 0 spiro atoms. The van der Waals surface area contributed by atoms with Crippen LogP contribution in [0.2, 0.25) is 5.02 Å². The van der Waals surface area contributed by atoms with Gasteiger partial charge in [0.15, 0.2) is 0 Å². The van der Waals surface area contributed by atoms with E-state index in [4.69, 9.17) is 16.3 Å². The summed E-state index contributed by atoms with van der Waals surface area (Å²) in [5.74, 6) is 0.826. The molecular formula is C13H17ClO2. The molecule has 1 aromatic carbocycles. The van der Waals surface area contributed by atoms with Gasteiger partial charge in [0.2, 0.25) is 0 Å². The number of hydrogen-bond donors (Lipinski definition) is 1. The van der Waals surface area contributed by atoms with Crippen LogP contribution >= 0.6 is 11.6 Å². The third-order valence-electron chi connectivity index (χ3n) is 2.89. The minimum absolute atomic E-state index is 0.218. The summed E-state index contributed by atoms with van der Waals surface area (Å²) < 4.78 is 5.58. The Bertz CT molecular complexity index is 407. The van der Waals surface area contributed by atoms with E-state index >= 15 is 0 Å². The van der Waals surface area contributed by atoms with E-state index in [1.807, 2.05) is 32.9 Å². The molecule has 2 rings (SSSR count). The average molecular weight is 241 g/mol. The zero-order chi connectivity index (χ0) is 11.9. The van der Waals surface area contributed by atoms with Crippen LogP contribution < -0.4 is 4.74 Å². The van der Waals surface area contributed by atoms with E-state index in [0.29, 0.717) is 11.6 Å². The number of hydrogen-bond acceptors (Lipinski definition) is 2. The van der Waals surface area contributed by atoms with Crippen LogP contribution in [0.5, 0.6) is 5.75 Å². The molecule has 1 aromatic rings. The zero-order valence-corrected chi connectivity index (χ0v) is 10.6. The molecule has 0 saturated heterocycles. The maximum Gasteiger partial charge on any atom is 0.128 e.